The molecular weight excluding hydrogens is 314 g/mol. The molecule has 0 aliphatic heterocycles. The first kappa shape index (κ1) is 16.6. The predicted octanol–water partition coefficient (Wildman–Crippen LogP) is 3.63. The molecule has 0 spiro atoms. The number of nitrogens with one attached hydrogen (secondary N) is 1. The van der Waals surface area contributed by atoms with E-state index in [1.807, 2.05) is 19.1 Å². The van der Waals surface area contributed by atoms with Crippen molar-refractivity contribution in [1.29, 1.82) is 0 Å². The Balaban J connectivity index is 1.39. The van der Waals surface area contributed by atoms with Crippen molar-refractivity contribution in [2.45, 2.75) is 64.0 Å². The van der Waals surface area contributed by atoms with Crippen LogP contribution in [0.1, 0.15) is 61.4 Å². The fraction of sp³-hybridized carbons (Fsp3) is 0.619. The molecule has 4 fully saturated rings. The minimum atomic E-state index is -0.763. The van der Waals surface area contributed by atoms with E-state index < -0.39 is 12.1 Å². The highest BCUT2D eigenvalue weighted by Gasteiger charge is 2.51. The largest absolute Gasteiger partial charge is 0.449 e. The van der Waals surface area contributed by atoms with E-state index in [-0.39, 0.29) is 11.4 Å². The number of benzene rings is 1. The molecule has 0 unspecified atom stereocenters. The molecule has 4 bridgehead atoms. The molecule has 0 radical (unpaired) electrons. The van der Waals surface area contributed by atoms with Gasteiger partial charge in [-0.3, -0.25) is 4.79 Å². The van der Waals surface area contributed by atoms with Crippen LogP contribution in [0.3, 0.4) is 0 Å². The molecule has 1 N–H and O–H groups in total. The van der Waals surface area contributed by atoms with Gasteiger partial charge in [-0.15, -0.1) is 0 Å². The van der Waals surface area contributed by atoms with Crippen LogP contribution >= 0.6 is 0 Å². The van der Waals surface area contributed by atoms with Crippen molar-refractivity contribution >= 4 is 11.9 Å². The first-order chi connectivity index (χ1) is 11.9. The quantitative estimate of drug-likeness (QED) is 0.851. The molecule has 0 aromatic heterocycles. The van der Waals surface area contributed by atoms with E-state index in [1.54, 1.807) is 19.1 Å². The molecule has 134 valence electrons. The van der Waals surface area contributed by atoms with E-state index in [0.717, 1.165) is 42.6 Å². The van der Waals surface area contributed by atoms with Crippen LogP contribution in [0.4, 0.5) is 0 Å². The van der Waals surface area contributed by atoms with Gasteiger partial charge in [0.15, 0.2) is 6.10 Å². The van der Waals surface area contributed by atoms with E-state index in [1.165, 1.54) is 19.3 Å². The zero-order valence-corrected chi connectivity index (χ0v) is 15.1. The summed E-state index contributed by atoms with van der Waals surface area (Å²) in [6.45, 7) is 3.60. The molecule has 5 rings (SSSR count). The van der Waals surface area contributed by atoms with Crippen LogP contribution < -0.4 is 5.32 Å². The summed E-state index contributed by atoms with van der Waals surface area (Å²) in [5.74, 6) is 1.74. The lowest BCUT2D eigenvalue weighted by Gasteiger charge is -2.57. The number of carbonyl (C=O) groups is 2. The van der Waals surface area contributed by atoms with Gasteiger partial charge in [0.2, 0.25) is 0 Å². The first-order valence-corrected chi connectivity index (χ1v) is 9.52. The second-order valence-corrected chi connectivity index (χ2v) is 8.60. The lowest BCUT2D eigenvalue weighted by molar-refractivity contribution is -0.134. The standard InChI is InChI=1S/C21H27NO3/c1-13-4-3-5-18(6-13)20(24)25-14(2)19(23)22-21-10-15-7-16(11-21)9-17(8-15)12-21/h3-6,14-17H,7-12H2,1-2H3,(H,22,23)/t14-,15?,16?,17?,21?/m1/s1. The molecule has 1 atom stereocenters. The van der Waals surface area contributed by atoms with Crippen LogP contribution in [0.15, 0.2) is 24.3 Å². The average molecular weight is 341 g/mol. The van der Waals surface area contributed by atoms with Gasteiger partial charge in [-0.1, -0.05) is 17.7 Å². The maximum Gasteiger partial charge on any atom is 0.338 e. The Morgan fingerprint density at radius 1 is 1.12 bits per heavy atom. The minimum Gasteiger partial charge on any atom is -0.449 e. The highest BCUT2D eigenvalue weighted by atomic mass is 16.5. The predicted molar refractivity (Wildman–Crippen MR) is 95.1 cm³/mol. The van der Waals surface area contributed by atoms with Crippen LogP contribution in [-0.4, -0.2) is 23.5 Å². The Morgan fingerprint density at radius 2 is 1.72 bits per heavy atom. The van der Waals surface area contributed by atoms with E-state index in [2.05, 4.69) is 5.32 Å². The van der Waals surface area contributed by atoms with Crippen LogP contribution in [0, 0.1) is 24.7 Å². The molecule has 4 heteroatoms. The Morgan fingerprint density at radius 3 is 2.28 bits per heavy atom. The summed E-state index contributed by atoms with van der Waals surface area (Å²) in [6.07, 6.45) is 6.56. The van der Waals surface area contributed by atoms with Gasteiger partial charge < -0.3 is 10.1 Å². The third-order valence-electron chi connectivity index (χ3n) is 6.33. The van der Waals surface area contributed by atoms with Gasteiger partial charge in [-0.05, 0) is 82.3 Å². The van der Waals surface area contributed by atoms with Gasteiger partial charge >= 0.3 is 5.97 Å². The fourth-order valence-electron chi connectivity index (χ4n) is 5.68. The Labute approximate surface area is 149 Å². The van der Waals surface area contributed by atoms with Gasteiger partial charge in [0.1, 0.15) is 0 Å². The van der Waals surface area contributed by atoms with E-state index >= 15 is 0 Å². The summed E-state index contributed by atoms with van der Waals surface area (Å²) in [7, 11) is 0. The summed E-state index contributed by atoms with van der Waals surface area (Å²) in [4.78, 5) is 24.9. The molecule has 0 saturated heterocycles. The molecule has 1 aromatic rings. The summed E-state index contributed by atoms with van der Waals surface area (Å²) in [6, 6.07) is 7.26. The fourth-order valence-corrected chi connectivity index (χ4v) is 5.68. The number of esters is 1. The molecule has 25 heavy (non-hydrogen) atoms. The lowest BCUT2D eigenvalue weighted by atomic mass is 9.53. The number of hydrogen-bond acceptors (Lipinski definition) is 3. The number of rotatable bonds is 4. The van der Waals surface area contributed by atoms with Gasteiger partial charge in [0, 0.05) is 5.54 Å². The smallest absolute Gasteiger partial charge is 0.338 e. The Hall–Kier alpha value is -1.84. The topological polar surface area (TPSA) is 55.4 Å². The second kappa shape index (κ2) is 6.15. The van der Waals surface area contributed by atoms with Crippen LogP contribution in [0.2, 0.25) is 0 Å². The molecule has 4 aliphatic carbocycles. The van der Waals surface area contributed by atoms with Gasteiger partial charge in [0.25, 0.3) is 5.91 Å². The molecule has 1 aromatic carbocycles. The SMILES string of the molecule is Cc1cccc(C(=O)O[C@H](C)C(=O)NC23CC4CC(CC(C4)C2)C3)c1. The minimum absolute atomic E-state index is 0.0458. The maximum atomic E-state index is 12.7. The zero-order chi connectivity index (χ0) is 17.6. The summed E-state index contributed by atoms with van der Waals surface area (Å²) in [5, 5.41) is 3.28. The van der Waals surface area contributed by atoms with Crippen molar-refractivity contribution in [3.05, 3.63) is 35.4 Å². The number of hydrogen-bond donors (Lipinski definition) is 1. The van der Waals surface area contributed by atoms with Gasteiger partial charge in [0.05, 0.1) is 5.56 Å². The highest BCUT2D eigenvalue weighted by molar-refractivity contribution is 5.92. The van der Waals surface area contributed by atoms with Crippen molar-refractivity contribution in [3.8, 4) is 0 Å². The van der Waals surface area contributed by atoms with Crippen LogP contribution in [0.5, 0.6) is 0 Å². The molecule has 4 nitrogen and oxygen atoms in total. The molecule has 1 amide bonds. The maximum absolute atomic E-state index is 12.7. The van der Waals surface area contributed by atoms with E-state index in [9.17, 15) is 9.59 Å². The number of aryl methyl sites for hydroxylation is 1. The van der Waals surface area contributed by atoms with Crippen molar-refractivity contribution in [3.63, 3.8) is 0 Å². The molecule has 0 heterocycles. The van der Waals surface area contributed by atoms with E-state index in [0.29, 0.717) is 5.56 Å². The van der Waals surface area contributed by atoms with Crippen molar-refractivity contribution in [1.82, 2.24) is 5.32 Å². The molecule has 4 saturated carbocycles. The van der Waals surface area contributed by atoms with Crippen molar-refractivity contribution in [2.24, 2.45) is 17.8 Å². The molecular formula is C21H27NO3. The summed E-state index contributed by atoms with van der Waals surface area (Å²) < 4.78 is 5.42. The van der Waals surface area contributed by atoms with Crippen molar-refractivity contribution in [2.75, 3.05) is 0 Å². The van der Waals surface area contributed by atoms with E-state index in [4.69, 9.17) is 4.74 Å². The number of ether oxygens (including phenoxy) is 1. The van der Waals surface area contributed by atoms with Crippen LogP contribution in [0.25, 0.3) is 0 Å². The zero-order valence-electron chi connectivity index (χ0n) is 15.1. The third-order valence-corrected chi connectivity index (χ3v) is 6.33. The molecule has 4 aliphatic rings. The second-order valence-electron chi connectivity index (χ2n) is 8.60. The van der Waals surface area contributed by atoms with Gasteiger partial charge in [-0.25, -0.2) is 4.79 Å². The normalized spacial score (nSPS) is 33.8. The Kier molecular flexibility index (Phi) is 4.09. The highest BCUT2D eigenvalue weighted by Crippen LogP contribution is 2.55. The Bertz CT molecular complexity index is 661. The number of carbonyl (C=O) groups excluding carboxylic acids is 2. The summed E-state index contributed by atoms with van der Waals surface area (Å²) in [5.41, 5.74) is 1.45. The summed E-state index contributed by atoms with van der Waals surface area (Å²) >= 11 is 0. The van der Waals surface area contributed by atoms with Crippen molar-refractivity contribution < 1.29 is 14.3 Å². The van der Waals surface area contributed by atoms with Crippen LogP contribution in [-0.2, 0) is 9.53 Å². The van der Waals surface area contributed by atoms with Gasteiger partial charge in [-0.2, -0.15) is 0 Å². The third kappa shape index (κ3) is 3.31. The first-order valence-electron chi connectivity index (χ1n) is 9.52. The lowest BCUT2D eigenvalue weighted by Crippen LogP contribution is -2.61. The number of amides is 1. The monoisotopic (exact) mass is 341 g/mol. The average Bonchev–Trinajstić information content (AvgIpc) is 2.53.